The van der Waals surface area contributed by atoms with E-state index in [1.165, 1.54) is 6.07 Å². The Morgan fingerprint density at radius 2 is 2.06 bits per heavy atom. The molecule has 1 heterocycles. The number of amides is 1. The normalized spacial score (nSPS) is 11.3. The molecule has 0 fully saturated rings. The second kappa shape index (κ2) is 5.17. The lowest BCUT2D eigenvalue weighted by Crippen LogP contribution is -2.45. The Morgan fingerprint density at radius 1 is 1.44 bits per heavy atom. The molecule has 1 rings (SSSR count). The Kier molecular flexibility index (Phi) is 4.35. The summed E-state index contributed by atoms with van der Waals surface area (Å²) in [4.78, 5) is 11.8. The summed E-state index contributed by atoms with van der Waals surface area (Å²) in [5.41, 5.74) is -0.507. The number of aromatic nitrogens is 2. The lowest BCUT2D eigenvalue weighted by molar-refractivity contribution is 0.0914. The first-order chi connectivity index (χ1) is 7.35. The molecule has 16 heavy (non-hydrogen) atoms. The first-order valence-electron chi connectivity index (χ1n) is 4.43. The highest BCUT2D eigenvalue weighted by Crippen LogP contribution is 2.17. The lowest BCUT2D eigenvalue weighted by Gasteiger charge is -2.22. The van der Waals surface area contributed by atoms with Crippen molar-refractivity contribution in [3.05, 3.63) is 21.9 Å². The van der Waals surface area contributed by atoms with Crippen LogP contribution in [-0.2, 0) is 0 Å². The fourth-order valence-electron chi connectivity index (χ4n) is 0.901. The van der Waals surface area contributed by atoms with E-state index < -0.39 is 11.4 Å². The Labute approximate surface area is 108 Å². The number of nitrogens with one attached hydrogen (secondary N) is 1. The number of halogens is 3. The molecule has 0 atom stereocenters. The zero-order valence-electron chi connectivity index (χ0n) is 8.72. The van der Waals surface area contributed by atoms with Crippen molar-refractivity contribution in [1.29, 1.82) is 0 Å². The van der Waals surface area contributed by atoms with Crippen LogP contribution in [0.15, 0.2) is 6.07 Å². The van der Waals surface area contributed by atoms with Crippen LogP contribution < -0.4 is 5.32 Å². The summed E-state index contributed by atoms with van der Waals surface area (Å²) in [7, 11) is 0. The molecule has 0 bridgehead atoms. The molecule has 1 amide bonds. The number of carbonyl (C=O) groups is 1. The van der Waals surface area contributed by atoms with Gasteiger partial charge in [0.1, 0.15) is 0 Å². The van der Waals surface area contributed by atoms with Gasteiger partial charge in [-0.1, -0.05) is 23.2 Å². The van der Waals surface area contributed by atoms with Crippen LogP contribution in [0.2, 0.25) is 10.2 Å². The Balaban J connectivity index is 2.89. The van der Waals surface area contributed by atoms with Gasteiger partial charge in [-0.05, 0) is 19.9 Å². The minimum absolute atomic E-state index is 0.0317. The highest BCUT2D eigenvalue weighted by Gasteiger charge is 2.22. The van der Waals surface area contributed by atoms with E-state index in [0.29, 0.717) is 0 Å². The highest BCUT2D eigenvalue weighted by molar-refractivity contribution is 6.35. The van der Waals surface area contributed by atoms with E-state index in [9.17, 15) is 4.79 Å². The third-order valence-electron chi connectivity index (χ3n) is 1.72. The molecule has 0 aromatic carbocycles. The smallest absolute Gasteiger partial charge is 0.273 e. The van der Waals surface area contributed by atoms with Gasteiger partial charge in [0, 0.05) is 11.4 Å². The molecular weight excluding hydrogens is 272 g/mol. The van der Waals surface area contributed by atoms with Crippen molar-refractivity contribution in [2.75, 3.05) is 5.88 Å². The molecule has 0 saturated heterocycles. The van der Waals surface area contributed by atoms with E-state index in [0.717, 1.165) is 0 Å². The summed E-state index contributed by atoms with van der Waals surface area (Å²) in [5, 5.41) is 10.2. The van der Waals surface area contributed by atoms with Gasteiger partial charge in [0.25, 0.3) is 5.91 Å². The van der Waals surface area contributed by atoms with Crippen molar-refractivity contribution in [3.8, 4) is 0 Å². The van der Waals surface area contributed by atoms with Gasteiger partial charge in [0.05, 0.1) is 5.02 Å². The van der Waals surface area contributed by atoms with Gasteiger partial charge in [-0.15, -0.1) is 21.8 Å². The second-order valence-electron chi connectivity index (χ2n) is 3.84. The molecule has 0 aliphatic heterocycles. The van der Waals surface area contributed by atoms with Crippen molar-refractivity contribution >= 4 is 40.7 Å². The SMILES string of the molecule is CC(C)(CCl)NC(=O)c1nnc(Cl)cc1Cl. The van der Waals surface area contributed by atoms with Crippen molar-refractivity contribution in [1.82, 2.24) is 15.5 Å². The van der Waals surface area contributed by atoms with Crippen LogP contribution >= 0.6 is 34.8 Å². The lowest BCUT2D eigenvalue weighted by atomic mass is 10.1. The maximum absolute atomic E-state index is 11.8. The van der Waals surface area contributed by atoms with Gasteiger partial charge in [-0.2, -0.15) is 0 Å². The van der Waals surface area contributed by atoms with Crippen molar-refractivity contribution in [3.63, 3.8) is 0 Å². The van der Waals surface area contributed by atoms with Crippen LogP contribution in [-0.4, -0.2) is 27.5 Å². The van der Waals surface area contributed by atoms with Gasteiger partial charge in [-0.25, -0.2) is 0 Å². The van der Waals surface area contributed by atoms with Crippen LogP contribution in [0, 0.1) is 0 Å². The standard InChI is InChI=1S/C9H10Cl3N3O/c1-9(2,4-10)13-8(16)7-5(11)3-6(12)14-15-7/h3H,4H2,1-2H3,(H,13,16). The molecule has 1 aromatic heterocycles. The number of carbonyl (C=O) groups excluding carboxylic acids is 1. The summed E-state index contributed by atoms with van der Waals surface area (Å²) in [6.45, 7) is 3.57. The minimum atomic E-state index is -0.538. The van der Waals surface area contributed by atoms with Gasteiger partial charge >= 0.3 is 0 Å². The quantitative estimate of drug-likeness (QED) is 0.867. The number of hydrogen-bond acceptors (Lipinski definition) is 3. The fourth-order valence-corrected chi connectivity index (χ4v) is 1.40. The Bertz CT molecular complexity index is 409. The fraction of sp³-hybridized carbons (Fsp3) is 0.444. The van der Waals surface area contributed by atoms with E-state index >= 15 is 0 Å². The number of nitrogens with zero attached hydrogens (tertiary/aromatic N) is 2. The molecule has 0 radical (unpaired) electrons. The molecule has 88 valence electrons. The maximum atomic E-state index is 11.8. The third-order valence-corrected chi connectivity index (χ3v) is 2.86. The number of hydrogen-bond donors (Lipinski definition) is 1. The van der Waals surface area contributed by atoms with Gasteiger partial charge < -0.3 is 5.32 Å². The van der Waals surface area contributed by atoms with Gasteiger partial charge in [0.15, 0.2) is 10.8 Å². The van der Waals surface area contributed by atoms with Crippen LogP contribution in [0.25, 0.3) is 0 Å². The topological polar surface area (TPSA) is 54.9 Å². The van der Waals surface area contributed by atoms with Crippen LogP contribution in [0.4, 0.5) is 0 Å². The number of rotatable bonds is 3. The Morgan fingerprint density at radius 3 is 2.56 bits per heavy atom. The predicted octanol–water partition coefficient (Wildman–Crippen LogP) is 2.53. The molecule has 1 N–H and O–H groups in total. The highest BCUT2D eigenvalue weighted by atomic mass is 35.5. The summed E-state index contributed by atoms with van der Waals surface area (Å²) in [5.74, 6) is -0.156. The summed E-state index contributed by atoms with van der Waals surface area (Å²) in [6, 6.07) is 1.36. The largest absolute Gasteiger partial charge is 0.345 e. The van der Waals surface area contributed by atoms with Gasteiger partial charge in [-0.3, -0.25) is 4.79 Å². The van der Waals surface area contributed by atoms with Crippen LogP contribution in [0.5, 0.6) is 0 Å². The van der Waals surface area contributed by atoms with E-state index in [-0.39, 0.29) is 21.7 Å². The molecule has 4 nitrogen and oxygen atoms in total. The third kappa shape index (κ3) is 3.47. The van der Waals surface area contributed by atoms with Crippen molar-refractivity contribution < 1.29 is 4.79 Å². The molecule has 7 heteroatoms. The average Bonchev–Trinajstić information content (AvgIpc) is 2.16. The summed E-state index contributed by atoms with van der Waals surface area (Å²) in [6.07, 6.45) is 0. The van der Waals surface area contributed by atoms with E-state index in [1.807, 2.05) is 0 Å². The van der Waals surface area contributed by atoms with Crippen LogP contribution in [0.3, 0.4) is 0 Å². The number of alkyl halides is 1. The molecule has 0 aliphatic rings. The van der Waals surface area contributed by atoms with E-state index in [2.05, 4.69) is 15.5 Å². The first kappa shape index (κ1) is 13.5. The van der Waals surface area contributed by atoms with Crippen LogP contribution in [0.1, 0.15) is 24.3 Å². The second-order valence-corrected chi connectivity index (χ2v) is 4.90. The summed E-state index contributed by atoms with van der Waals surface area (Å²) < 4.78 is 0. The minimum Gasteiger partial charge on any atom is -0.345 e. The predicted molar refractivity (Wildman–Crippen MR) is 64.3 cm³/mol. The molecule has 0 aliphatic carbocycles. The zero-order chi connectivity index (χ0) is 12.3. The molecule has 1 aromatic rings. The molecule has 0 saturated carbocycles. The molecule has 0 spiro atoms. The molecule has 0 unspecified atom stereocenters. The summed E-state index contributed by atoms with van der Waals surface area (Å²) >= 11 is 17.1. The van der Waals surface area contributed by atoms with Gasteiger partial charge in [0.2, 0.25) is 0 Å². The average molecular weight is 283 g/mol. The first-order valence-corrected chi connectivity index (χ1v) is 5.72. The van der Waals surface area contributed by atoms with Crippen molar-refractivity contribution in [2.24, 2.45) is 0 Å². The monoisotopic (exact) mass is 281 g/mol. The Hall–Kier alpha value is -0.580. The maximum Gasteiger partial charge on any atom is 0.273 e. The zero-order valence-corrected chi connectivity index (χ0v) is 11.0. The van der Waals surface area contributed by atoms with E-state index in [4.69, 9.17) is 34.8 Å². The van der Waals surface area contributed by atoms with Crippen molar-refractivity contribution in [2.45, 2.75) is 19.4 Å². The van der Waals surface area contributed by atoms with E-state index in [1.54, 1.807) is 13.8 Å². The molecular formula is C9H10Cl3N3O.